The van der Waals surface area contributed by atoms with E-state index in [2.05, 4.69) is 6.92 Å². The van der Waals surface area contributed by atoms with Crippen LogP contribution in [0.4, 0.5) is 0 Å². The largest absolute Gasteiger partial charge is 0.481 e. The molecule has 0 fully saturated rings. The first kappa shape index (κ1) is 23.4. The van der Waals surface area contributed by atoms with Crippen molar-refractivity contribution in [3.63, 3.8) is 0 Å². The molecule has 0 amide bonds. The maximum atomic E-state index is 12.2. The second-order valence-electron chi connectivity index (χ2n) is 7.96. The van der Waals surface area contributed by atoms with Gasteiger partial charge in [0, 0.05) is 18.4 Å². The molecule has 0 aliphatic rings. The average molecular weight is 375 g/mol. The molecule has 0 aromatic heterocycles. The zero-order valence-electron chi connectivity index (χ0n) is 17.3. The Morgan fingerprint density at radius 2 is 1.33 bits per heavy atom. The van der Waals surface area contributed by atoms with Crippen molar-refractivity contribution in [2.75, 3.05) is 0 Å². The van der Waals surface area contributed by atoms with E-state index in [-0.39, 0.29) is 18.1 Å². The number of benzene rings is 1. The molecule has 0 saturated heterocycles. The molecule has 0 unspecified atom stereocenters. The number of hydrogen-bond acceptors (Lipinski definition) is 2. The fourth-order valence-corrected chi connectivity index (χ4v) is 3.48. The Hall–Kier alpha value is -1.64. The number of aryl methyl sites for hydroxylation is 1. The third-order valence-electron chi connectivity index (χ3n) is 5.15. The Bertz CT molecular complexity index is 533. The van der Waals surface area contributed by atoms with Crippen LogP contribution < -0.4 is 0 Å². The Morgan fingerprint density at radius 1 is 0.815 bits per heavy atom. The Balaban J connectivity index is 2.15. The minimum atomic E-state index is -0.845. The van der Waals surface area contributed by atoms with Crippen LogP contribution in [-0.2, 0) is 11.2 Å². The van der Waals surface area contributed by atoms with Crippen LogP contribution in [-0.4, -0.2) is 16.9 Å². The van der Waals surface area contributed by atoms with E-state index in [0.29, 0.717) is 12.0 Å². The van der Waals surface area contributed by atoms with Gasteiger partial charge in [0.2, 0.25) is 0 Å². The lowest BCUT2D eigenvalue weighted by molar-refractivity contribution is -0.137. The van der Waals surface area contributed by atoms with Gasteiger partial charge in [0.05, 0.1) is 0 Å². The van der Waals surface area contributed by atoms with Gasteiger partial charge in [-0.1, -0.05) is 95.9 Å². The van der Waals surface area contributed by atoms with Gasteiger partial charge >= 0.3 is 5.97 Å². The van der Waals surface area contributed by atoms with Crippen molar-refractivity contribution in [2.45, 2.75) is 97.3 Å². The fourth-order valence-electron chi connectivity index (χ4n) is 3.48. The number of carbonyl (C=O) groups is 2. The van der Waals surface area contributed by atoms with Gasteiger partial charge in [-0.05, 0) is 24.3 Å². The normalized spacial score (nSPS) is 12.1. The molecule has 1 N–H and O–H groups in total. The van der Waals surface area contributed by atoms with Gasteiger partial charge in [-0.25, -0.2) is 0 Å². The van der Waals surface area contributed by atoms with E-state index in [9.17, 15) is 9.59 Å². The van der Waals surface area contributed by atoms with Crippen LogP contribution in [0.15, 0.2) is 24.3 Å². The molecular formula is C24H38O3. The monoisotopic (exact) mass is 374 g/mol. The highest BCUT2D eigenvalue weighted by Crippen LogP contribution is 2.16. The van der Waals surface area contributed by atoms with Crippen LogP contribution in [0.5, 0.6) is 0 Å². The van der Waals surface area contributed by atoms with Crippen LogP contribution in [0.3, 0.4) is 0 Å². The van der Waals surface area contributed by atoms with Crippen LogP contribution in [0, 0.1) is 5.92 Å². The summed E-state index contributed by atoms with van der Waals surface area (Å²) in [7, 11) is 0. The van der Waals surface area contributed by atoms with Crippen LogP contribution in [0.25, 0.3) is 0 Å². The second-order valence-corrected chi connectivity index (χ2v) is 7.96. The maximum Gasteiger partial charge on any atom is 0.303 e. The lowest BCUT2D eigenvalue weighted by Crippen LogP contribution is -2.10. The molecule has 27 heavy (non-hydrogen) atoms. The number of Topliss-reactive ketones (excluding diaryl/α,β-unsaturated/α-hetero) is 1. The Kier molecular flexibility index (Phi) is 12.5. The summed E-state index contributed by atoms with van der Waals surface area (Å²) in [5, 5.41) is 8.79. The minimum absolute atomic E-state index is 0.0363. The summed E-state index contributed by atoms with van der Waals surface area (Å²) < 4.78 is 0. The topological polar surface area (TPSA) is 54.4 Å². The molecular weight excluding hydrogens is 336 g/mol. The summed E-state index contributed by atoms with van der Waals surface area (Å²) in [4.78, 5) is 22.9. The molecule has 152 valence electrons. The van der Waals surface area contributed by atoms with Gasteiger partial charge < -0.3 is 5.11 Å². The smallest absolute Gasteiger partial charge is 0.303 e. The van der Waals surface area contributed by atoms with Crippen LogP contribution in [0.2, 0.25) is 0 Å². The molecule has 1 rings (SSSR count). The van der Waals surface area contributed by atoms with Crippen LogP contribution >= 0.6 is 0 Å². The highest BCUT2D eigenvalue weighted by Gasteiger charge is 2.14. The zero-order chi connectivity index (χ0) is 19.9. The summed E-state index contributed by atoms with van der Waals surface area (Å²) >= 11 is 0. The highest BCUT2D eigenvalue weighted by atomic mass is 16.4. The molecule has 0 heterocycles. The summed E-state index contributed by atoms with van der Waals surface area (Å²) in [5.74, 6) is -0.933. The van der Waals surface area contributed by atoms with E-state index in [0.717, 1.165) is 6.42 Å². The first-order chi connectivity index (χ1) is 13.0. The first-order valence-electron chi connectivity index (χ1n) is 10.9. The summed E-state index contributed by atoms with van der Waals surface area (Å²) in [5.41, 5.74) is 1.98. The fraction of sp³-hybridized carbons (Fsp3) is 0.667. The maximum absolute atomic E-state index is 12.2. The first-order valence-corrected chi connectivity index (χ1v) is 10.9. The number of carbonyl (C=O) groups excluding carboxylic acids is 1. The molecule has 0 aliphatic heterocycles. The van der Waals surface area contributed by atoms with Crippen LogP contribution in [0.1, 0.15) is 107 Å². The van der Waals surface area contributed by atoms with Crippen molar-refractivity contribution in [3.8, 4) is 0 Å². The summed E-state index contributed by atoms with van der Waals surface area (Å²) in [6.07, 6.45) is 14.8. The quantitative estimate of drug-likeness (QED) is 0.255. The third kappa shape index (κ3) is 11.6. The van der Waals surface area contributed by atoms with E-state index in [1.54, 1.807) is 0 Å². The number of aliphatic carboxylic acids is 1. The molecule has 0 aliphatic carbocycles. The lowest BCUT2D eigenvalue weighted by Gasteiger charge is -2.08. The Labute approximate surface area is 165 Å². The molecule has 0 spiro atoms. The molecule has 1 aromatic carbocycles. The van der Waals surface area contributed by atoms with Crippen molar-refractivity contribution in [3.05, 3.63) is 35.4 Å². The van der Waals surface area contributed by atoms with E-state index in [1.807, 2.05) is 31.2 Å². The van der Waals surface area contributed by atoms with Gasteiger partial charge in [0.25, 0.3) is 0 Å². The highest BCUT2D eigenvalue weighted by molar-refractivity contribution is 5.96. The third-order valence-corrected chi connectivity index (χ3v) is 5.15. The van der Waals surface area contributed by atoms with Gasteiger partial charge in [0.15, 0.2) is 5.78 Å². The van der Waals surface area contributed by atoms with E-state index in [1.165, 1.54) is 69.8 Å². The van der Waals surface area contributed by atoms with E-state index in [4.69, 9.17) is 5.11 Å². The van der Waals surface area contributed by atoms with Gasteiger partial charge in [-0.2, -0.15) is 0 Å². The predicted molar refractivity (Wildman–Crippen MR) is 112 cm³/mol. The molecule has 0 radical (unpaired) electrons. The summed E-state index contributed by atoms with van der Waals surface area (Å²) in [6, 6.07) is 7.87. The van der Waals surface area contributed by atoms with Gasteiger partial charge in [-0.3, -0.25) is 9.59 Å². The van der Waals surface area contributed by atoms with Crippen molar-refractivity contribution in [1.29, 1.82) is 0 Å². The number of hydrogen-bond donors (Lipinski definition) is 1. The van der Waals surface area contributed by atoms with Gasteiger partial charge in [-0.15, -0.1) is 0 Å². The van der Waals surface area contributed by atoms with E-state index >= 15 is 0 Å². The minimum Gasteiger partial charge on any atom is -0.481 e. The Morgan fingerprint density at radius 3 is 1.85 bits per heavy atom. The second kappa shape index (κ2) is 14.4. The predicted octanol–water partition coefficient (Wildman–Crippen LogP) is 6.83. The van der Waals surface area contributed by atoms with Crippen molar-refractivity contribution in [2.24, 2.45) is 5.92 Å². The molecule has 3 heteroatoms. The number of carboxylic acids is 1. The molecule has 1 atom stereocenters. The molecule has 1 aromatic rings. The lowest BCUT2D eigenvalue weighted by atomic mass is 9.96. The van der Waals surface area contributed by atoms with Crippen molar-refractivity contribution >= 4 is 11.8 Å². The standard InChI is InChI=1S/C24H38O3/c1-3-4-5-6-7-8-9-10-11-12-13-21-14-16-22(17-15-21)23(25)18-20(2)19-24(26)27/h14-17,20H,3-13,18-19H2,1-2H3,(H,26,27)/t20-/m1/s1. The SMILES string of the molecule is CCCCCCCCCCCCc1ccc(C(=O)C[C@@H](C)CC(=O)O)cc1. The van der Waals surface area contributed by atoms with Gasteiger partial charge in [0.1, 0.15) is 0 Å². The number of ketones is 1. The number of rotatable bonds is 16. The average Bonchev–Trinajstić information content (AvgIpc) is 2.63. The molecule has 0 saturated carbocycles. The van der Waals surface area contributed by atoms with E-state index < -0.39 is 5.97 Å². The number of carboxylic acid groups (broad SMARTS) is 1. The number of unbranched alkanes of at least 4 members (excludes halogenated alkanes) is 9. The summed E-state index contributed by atoms with van der Waals surface area (Å²) in [6.45, 7) is 4.07. The van der Waals surface area contributed by atoms with Crippen molar-refractivity contribution < 1.29 is 14.7 Å². The molecule has 0 bridgehead atoms. The zero-order valence-corrected chi connectivity index (χ0v) is 17.3. The van der Waals surface area contributed by atoms with Crippen molar-refractivity contribution in [1.82, 2.24) is 0 Å². The molecule has 3 nitrogen and oxygen atoms in total.